The van der Waals surface area contributed by atoms with Crippen molar-refractivity contribution in [3.05, 3.63) is 74.8 Å². The van der Waals surface area contributed by atoms with Gasteiger partial charge in [0, 0.05) is 24.1 Å². The van der Waals surface area contributed by atoms with Crippen molar-refractivity contribution in [3.8, 4) is 0 Å². The summed E-state index contributed by atoms with van der Waals surface area (Å²) in [5.41, 5.74) is 5.09. The van der Waals surface area contributed by atoms with Crippen LogP contribution in [-0.4, -0.2) is 46.4 Å². The molecule has 8 heteroatoms. The first-order valence-electron chi connectivity index (χ1n) is 10.8. The third kappa shape index (κ3) is 5.37. The molecule has 0 spiro atoms. The normalized spacial score (nSPS) is 12.1. The number of benzene rings is 1. The molecule has 0 N–H and O–H groups in total. The number of aryl methyl sites for hydroxylation is 3. The third-order valence-corrected chi connectivity index (χ3v) is 6.07. The van der Waals surface area contributed by atoms with Gasteiger partial charge in [0.25, 0.3) is 0 Å². The molecule has 0 aliphatic heterocycles. The molecule has 0 radical (unpaired) electrons. The smallest absolute Gasteiger partial charge is 0.343 e. The van der Waals surface area contributed by atoms with Crippen molar-refractivity contribution < 1.29 is 19.1 Å². The number of esters is 1. The molecule has 1 aromatic carbocycles. The van der Waals surface area contributed by atoms with E-state index in [4.69, 9.17) is 21.1 Å². The maximum absolute atomic E-state index is 12.8. The molecule has 0 aliphatic rings. The molecule has 0 aliphatic carbocycles. The van der Waals surface area contributed by atoms with Crippen LogP contribution in [0.2, 0.25) is 5.15 Å². The van der Waals surface area contributed by atoms with Gasteiger partial charge in [-0.2, -0.15) is 5.10 Å². The van der Waals surface area contributed by atoms with Crippen molar-refractivity contribution >= 4 is 23.4 Å². The van der Waals surface area contributed by atoms with E-state index < -0.39 is 5.97 Å². The lowest BCUT2D eigenvalue weighted by atomic mass is 10.1. The van der Waals surface area contributed by atoms with Gasteiger partial charge in [-0.25, -0.2) is 9.48 Å². The standard InChI is InChI=1S/C25H30ClN3O4/c1-15-7-9-20(10-8-15)12-28-24(26)23(18(4)27-28)25(31)33-14-22(30)21-11-16(2)29(19(21)5)17(3)13-32-6/h7-11,17H,12-14H2,1-6H3. The quantitative estimate of drug-likeness (QED) is 0.329. The van der Waals surface area contributed by atoms with Crippen LogP contribution in [0.4, 0.5) is 0 Å². The molecule has 0 fully saturated rings. The van der Waals surface area contributed by atoms with Crippen LogP contribution in [0.15, 0.2) is 30.3 Å². The monoisotopic (exact) mass is 471 g/mol. The van der Waals surface area contributed by atoms with E-state index in [1.165, 1.54) is 0 Å². The van der Waals surface area contributed by atoms with Crippen molar-refractivity contribution in [1.29, 1.82) is 0 Å². The molecule has 3 aromatic rings. The van der Waals surface area contributed by atoms with Crippen LogP contribution in [-0.2, 0) is 16.0 Å². The van der Waals surface area contributed by atoms with E-state index in [0.29, 0.717) is 24.4 Å². The number of hydrogen-bond acceptors (Lipinski definition) is 5. The molecule has 1 unspecified atom stereocenters. The first-order valence-corrected chi connectivity index (χ1v) is 11.2. The summed E-state index contributed by atoms with van der Waals surface area (Å²) in [4.78, 5) is 25.6. The minimum Gasteiger partial charge on any atom is -0.454 e. The first-order chi connectivity index (χ1) is 15.6. The van der Waals surface area contributed by atoms with Gasteiger partial charge >= 0.3 is 5.97 Å². The number of methoxy groups -OCH3 is 1. The molecular formula is C25H30ClN3O4. The van der Waals surface area contributed by atoms with Crippen LogP contribution in [0.1, 0.15) is 61.9 Å². The number of aromatic nitrogens is 3. The summed E-state index contributed by atoms with van der Waals surface area (Å²) in [6, 6.07) is 9.89. The van der Waals surface area contributed by atoms with Crippen molar-refractivity contribution in [3.63, 3.8) is 0 Å². The highest BCUT2D eigenvalue weighted by Crippen LogP contribution is 2.24. The number of hydrogen-bond donors (Lipinski definition) is 0. The number of rotatable bonds is 9. The number of carbonyl (C=O) groups excluding carboxylic acids is 2. The predicted molar refractivity (Wildman–Crippen MR) is 127 cm³/mol. The van der Waals surface area contributed by atoms with E-state index in [-0.39, 0.29) is 29.1 Å². The van der Waals surface area contributed by atoms with Gasteiger partial charge in [-0.15, -0.1) is 0 Å². The minimum absolute atomic E-state index is 0.0833. The van der Waals surface area contributed by atoms with Crippen LogP contribution in [0.5, 0.6) is 0 Å². The van der Waals surface area contributed by atoms with Gasteiger partial charge in [0.15, 0.2) is 6.61 Å². The zero-order valence-corrected chi connectivity index (χ0v) is 20.7. The highest BCUT2D eigenvalue weighted by molar-refractivity contribution is 6.32. The molecular weight excluding hydrogens is 442 g/mol. The van der Waals surface area contributed by atoms with Crippen molar-refractivity contribution in [2.75, 3.05) is 20.3 Å². The summed E-state index contributed by atoms with van der Waals surface area (Å²) in [6.45, 7) is 10.1. The second-order valence-corrected chi connectivity index (χ2v) is 8.71. The number of nitrogens with zero attached hydrogens (tertiary/aromatic N) is 3. The fourth-order valence-corrected chi connectivity index (χ4v) is 4.40. The largest absolute Gasteiger partial charge is 0.454 e. The van der Waals surface area contributed by atoms with Crippen LogP contribution >= 0.6 is 11.6 Å². The van der Waals surface area contributed by atoms with E-state index in [0.717, 1.165) is 22.5 Å². The Bertz CT molecular complexity index is 1160. The summed E-state index contributed by atoms with van der Waals surface area (Å²) < 4.78 is 14.2. The third-order valence-electron chi connectivity index (χ3n) is 5.69. The Kier molecular flexibility index (Phi) is 7.76. The second-order valence-electron chi connectivity index (χ2n) is 8.35. The van der Waals surface area contributed by atoms with Crippen LogP contribution < -0.4 is 0 Å². The van der Waals surface area contributed by atoms with Gasteiger partial charge in [0.2, 0.25) is 5.78 Å². The Balaban J connectivity index is 1.71. The average Bonchev–Trinajstić information content (AvgIpc) is 3.22. The molecule has 0 amide bonds. The Hall–Kier alpha value is -2.90. The van der Waals surface area contributed by atoms with E-state index in [2.05, 4.69) is 9.67 Å². The Morgan fingerprint density at radius 2 is 1.79 bits per heavy atom. The molecule has 3 rings (SSSR count). The minimum atomic E-state index is -0.664. The van der Waals surface area contributed by atoms with E-state index in [1.807, 2.05) is 58.0 Å². The molecule has 176 valence electrons. The molecule has 33 heavy (non-hydrogen) atoms. The molecule has 2 aromatic heterocycles. The average molecular weight is 472 g/mol. The maximum atomic E-state index is 12.8. The number of Topliss-reactive ketones (excluding diaryl/α,β-unsaturated/α-hetero) is 1. The fraction of sp³-hybridized carbons (Fsp3) is 0.400. The molecule has 7 nitrogen and oxygen atoms in total. The number of halogens is 1. The lowest BCUT2D eigenvalue weighted by Gasteiger charge is -2.17. The Morgan fingerprint density at radius 3 is 2.42 bits per heavy atom. The van der Waals surface area contributed by atoms with Crippen LogP contribution in [0, 0.1) is 27.7 Å². The van der Waals surface area contributed by atoms with E-state index in [1.54, 1.807) is 18.7 Å². The van der Waals surface area contributed by atoms with Crippen LogP contribution in [0.25, 0.3) is 0 Å². The van der Waals surface area contributed by atoms with Gasteiger partial charge in [-0.3, -0.25) is 4.79 Å². The lowest BCUT2D eigenvalue weighted by molar-refractivity contribution is 0.0474. The Morgan fingerprint density at radius 1 is 1.12 bits per heavy atom. The van der Waals surface area contributed by atoms with Crippen molar-refractivity contribution in [1.82, 2.24) is 14.3 Å². The number of carbonyl (C=O) groups is 2. The van der Waals surface area contributed by atoms with E-state index >= 15 is 0 Å². The summed E-state index contributed by atoms with van der Waals surface area (Å²) in [5.74, 6) is -0.935. The zero-order valence-electron chi connectivity index (χ0n) is 19.9. The molecule has 0 saturated carbocycles. The molecule has 1 atom stereocenters. The lowest BCUT2D eigenvalue weighted by Crippen LogP contribution is -2.17. The maximum Gasteiger partial charge on any atom is 0.343 e. The number of ketones is 1. The second kappa shape index (κ2) is 10.4. The predicted octanol–water partition coefficient (Wildman–Crippen LogP) is 4.87. The van der Waals surface area contributed by atoms with Gasteiger partial charge in [0.1, 0.15) is 10.7 Å². The summed E-state index contributed by atoms with van der Waals surface area (Å²) in [6.07, 6.45) is 0. The van der Waals surface area contributed by atoms with Gasteiger partial charge in [-0.1, -0.05) is 41.4 Å². The van der Waals surface area contributed by atoms with Gasteiger partial charge in [-0.05, 0) is 46.2 Å². The van der Waals surface area contributed by atoms with E-state index in [9.17, 15) is 9.59 Å². The fourth-order valence-electron chi connectivity index (χ4n) is 4.09. The van der Waals surface area contributed by atoms with Gasteiger partial charge < -0.3 is 14.0 Å². The number of ether oxygens (including phenoxy) is 2. The summed E-state index contributed by atoms with van der Waals surface area (Å²) in [5, 5.41) is 4.58. The molecule has 0 saturated heterocycles. The van der Waals surface area contributed by atoms with Crippen LogP contribution in [0.3, 0.4) is 0 Å². The summed E-state index contributed by atoms with van der Waals surface area (Å²) >= 11 is 6.45. The van der Waals surface area contributed by atoms with Crippen molar-refractivity contribution in [2.24, 2.45) is 0 Å². The highest BCUT2D eigenvalue weighted by Gasteiger charge is 2.24. The Labute approximate surface area is 199 Å². The highest BCUT2D eigenvalue weighted by atomic mass is 35.5. The summed E-state index contributed by atoms with van der Waals surface area (Å²) in [7, 11) is 1.65. The molecule has 2 heterocycles. The first kappa shape index (κ1) is 24.7. The molecule has 0 bridgehead atoms. The SMILES string of the molecule is COCC(C)n1c(C)cc(C(=O)COC(=O)c2c(C)nn(Cc3ccc(C)cc3)c2Cl)c1C. The zero-order chi connectivity index (χ0) is 24.3. The van der Waals surface area contributed by atoms with Crippen molar-refractivity contribution in [2.45, 2.75) is 47.2 Å². The topological polar surface area (TPSA) is 75.3 Å². The van der Waals surface area contributed by atoms with Gasteiger partial charge in [0.05, 0.1) is 24.9 Å².